The Bertz CT molecular complexity index is 834. The lowest BCUT2D eigenvalue weighted by molar-refractivity contribution is -0.131. The first kappa shape index (κ1) is 16.7. The fourth-order valence-electron chi connectivity index (χ4n) is 3.35. The molecule has 2 aliphatic heterocycles. The minimum atomic E-state index is -0.406. The van der Waals surface area contributed by atoms with Gasteiger partial charge in [0.25, 0.3) is 6.01 Å². The molecular formula is C18H22N4O4. The third-order valence-electron chi connectivity index (χ3n) is 4.82. The van der Waals surface area contributed by atoms with E-state index in [-0.39, 0.29) is 12.5 Å². The summed E-state index contributed by atoms with van der Waals surface area (Å²) in [6, 6.07) is 6.54. The van der Waals surface area contributed by atoms with Gasteiger partial charge in [0.15, 0.2) is 5.58 Å². The number of amides is 2. The normalized spacial score (nSPS) is 18.3. The topological polar surface area (TPSA) is 79.1 Å². The van der Waals surface area contributed by atoms with E-state index in [1.807, 2.05) is 25.1 Å². The lowest BCUT2D eigenvalue weighted by Crippen LogP contribution is -2.42. The van der Waals surface area contributed by atoms with Gasteiger partial charge in [-0.2, -0.15) is 4.98 Å². The summed E-state index contributed by atoms with van der Waals surface area (Å²) in [4.78, 5) is 33.9. The van der Waals surface area contributed by atoms with E-state index in [0.29, 0.717) is 38.8 Å². The van der Waals surface area contributed by atoms with Crippen molar-refractivity contribution in [3.8, 4) is 0 Å². The Labute approximate surface area is 151 Å². The molecule has 0 spiro atoms. The summed E-state index contributed by atoms with van der Waals surface area (Å²) < 4.78 is 10.8. The number of hydrogen-bond donors (Lipinski definition) is 0. The van der Waals surface area contributed by atoms with Crippen molar-refractivity contribution in [3.63, 3.8) is 0 Å². The van der Waals surface area contributed by atoms with E-state index in [9.17, 15) is 9.59 Å². The van der Waals surface area contributed by atoms with Gasteiger partial charge in [0.2, 0.25) is 5.91 Å². The fourth-order valence-corrected chi connectivity index (χ4v) is 3.35. The van der Waals surface area contributed by atoms with E-state index in [4.69, 9.17) is 9.15 Å². The lowest BCUT2D eigenvalue weighted by atomic mass is 10.2. The highest BCUT2D eigenvalue weighted by Gasteiger charge is 2.28. The van der Waals surface area contributed by atoms with Crippen LogP contribution in [0.4, 0.5) is 10.8 Å². The molecule has 2 aromatic rings. The second kappa shape index (κ2) is 6.86. The highest BCUT2D eigenvalue weighted by atomic mass is 16.6. The molecule has 2 saturated heterocycles. The molecule has 1 aromatic heterocycles. The van der Waals surface area contributed by atoms with Crippen molar-refractivity contribution in [2.45, 2.75) is 13.3 Å². The van der Waals surface area contributed by atoms with Crippen LogP contribution in [0, 0.1) is 6.92 Å². The number of aromatic nitrogens is 1. The molecule has 2 amide bonds. The van der Waals surface area contributed by atoms with Crippen LogP contribution < -0.4 is 4.90 Å². The molecule has 2 aliphatic rings. The van der Waals surface area contributed by atoms with E-state index in [1.165, 1.54) is 4.90 Å². The zero-order valence-electron chi connectivity index (χ0n) is 14.8. The molecule has 8 nitrogen and oxygen atoms in total. The van der Waals surface area contributed by atoms with E-state index < -0.39 is 6.09 Å². The Hall–Kier alpha value is -2.77. The maximum Gasteiger partial charge on any atom is 0.410 e. The monoisotopic (exact) mass is 358 g/mol. The van der Waals surface area contributed by atoms with E-state index in [1.54, 1.807) is 4.90 Å². The van der Waals surface area contributed by atoms with Crippen LogP contribution in [0.3, 0.4) is 0 Å². The SMILES string of the molecule is Cc1ccc2oc(N3CCCN(C(=O)CN4CCOC4=O)CC3)nc2c1. The Kier molecular flexibility index (Phi) is 4.40. The van der Waals surface area contributed by atoms with Crippen molar-refractivity contribution in [1.29, 1.82) is 0 Å². The summed E-state index contributed by atoms with van der Waals surface area (Å²) >= 11 is 0. The number of oxazole rings is 1. The maximum absolute atomic E-state index is 12.5. The smallest absolute Gasteiger partial charge is 0.410 e. The van der Waals surface area contributed by atoms with Crippen LogP contribution in [0.1, 0.15) is 12.0 Å². The molecule has 0 unspecified atom stereocenters. The highest BCUT2D eigenvalue weighted by molar-refractivity contribution is 5.83. The first-order chi connectivity index (χ1) is 12.6. The van der Waals surface area contributed by atoms with Gasteiger partial charge in [-0.1, -0.05) is 6.07 Å². The maximum atomic E-state index is 12.5. The largest absolute Gasteiger partial charge is 0.448 e. The van der Waals surface area contributed by atoms with E-state index in [2.05, 4.69) is 9.88 Å². The number of carbonyl (C=O) groups excluding carboxylic acids is 2. The standard InChI is InChI=1S/C18H22N4O4/c1-13-3-4-15-14(11-13)19-17(26-15)21-6-2-5-20(7-8-21)16(23)12-22-9-10-25-18(22)24/h3-4,11H,2,5-10,12H2,1H3. The van der Waals surface area contributed by atoms with Gasteiger partial charge in [-0.25, -0.2) is 4.79 Å². The average Bonchev–Trinajstić information content (AvgIpc) is 3.12. The summed E-state index contributed by atoms with van der Waals surface area (Å²) in [7, 11) is 0. The Morgan fingerprint density at radius 2 is 2.08 bits per heavy atom. The molecule has 1 aromatic carbocycles. The second-order valence-electron chi connectivity index (χ2n) is 6.72. The predicted molar refractivity (Wildman–Crippen MR) is 95.1 cm³/mol. The van der Waals surface area contributed by atoms with Crippen molar-refractivity contribution in [1.82, 2.24) is 14.8 Å². The number of carbonyl (C=O) groups is 2. The van der Waals surface area contributed by atoms with Crippen molar-refractivity contribution in [3.05, 3.63) is 23.8 Å². The van der Waals surface area contributed by atoms with Crippen molar-refractivity contribution in [2.75, 3.05) is 50.8 Å². The van der Waals surface area contributed by atoms with Crippen LogP contribution in [0.25, 0.3) is 11.1 Å². The summed E-state index contributed by atoms with van der Waals surface area (Å²) in [6.07, 6.45) is 0.421. The minimum absolute atomic E-state index is 0.0427. The van der Waals surface area contributed by atoms with Gasteiger partial charge in [-0.15, -0.1) is 0 Å². The molecule has 3 heterocycles. The first-order valence-electron chi connectivity index (χ1n) is 8.92. The molecule has 2 fully saturated rings. The zero-order valence-corrected chi connectivity index (χ0v) is 14.8. The van der Waals surface area contributed by atoms with E-state index >= 15 is 0 Å². The van der Waals surface area contributed by atoms with Crippen LogP contribution in [-0.4, -0.2) is 72.7 Å². The van der Waals surface area contributed by atoms with Crippen LogP contribution >= 0.6 is 0 Å². The van der Waals surface area contributed by atoms with Crippen molar-refractivity contribution < 1.29 is 18.7 Å². The molecule has 0 bridgehead atoms. The van der Waals surface area contributed by atoms with Gasteiger partial charge in [0.1, 0.15) is 18.7 Å². The first-order valence-corrected chi connectivity index (χ1v) is 8.92. The second-order valence-corrected chi connectivity index (χ2v) is 6.72. The predicted octanol–water partition coefficient (Wildman–Crippen LogP) is 1.63. The Morgan fingerprint density at radius 3 is 2.88 bits per heavy atom. The lowest BCUT2D eigenvalue weighted by Gasteiger charge is -2.23. The van der Waals surface area contributed by atoms with Gasteiger partial charge in [-0.3, -0.25) is 9.69 Å². The number of fused-ring (bicyclic) bond motifs is 1. The van der Waals surface area contributed by atoms with Gasteiger partial charge in [0, 0.05) is 26.2 Å². The number of ether oxygens (including phenoxy) is 1. The molecule has 138 valence electrons. The summed E-state index contributed by atoms with van der Waals surface area (Å²) in [5, 5.41) is 0. The van der Waals surface area contributed by atoms with Crippen molar-refractivity contribution in [2.24, 2.45) is 0 Å². The van der Waals surface area contributed by atoms with Gasteiger partial charge >= 0.3 is 6.09 Å². The average molecular weight is 358 g/mol. The molecule has 26 heavy (non-hydrogen) atoms. The Morgan fingerprint density at radius 1 is 1.19 bits per heavy atom. The van der Waals surface area contributed by atoms with Crippen molar-refractivity contribution >= 4 is 29.1 Å². The molecule has 0 saturated carbocycles. The van der Waals surface area contributed by atoms with Gasteiger partial charge < -0.3 is 19.0 Å². The van der Waals surface area contributed by atoms with Gasteiger partial charge in [-0.05, 0) is 31.0 Å². The third kappa shape index (κ3) is 3.31. The number of cyclic esters (lactones) is 1. The van der Waals surface area contributed by atoms with Crippen LogP contribution in [0.2, 0.25) is 0 Å². The van der Waals surface area contributed by atoms with Crippen LogP contribution in [0.5, 0.6) is 0 Å². The number of rotatable bonds is 3. The minimum Gasteiger partial charge on any atom is -0.448 e. The number of hydrogen-bond acceptors (Lipinski definition) is 6. The molecule has 0 N–H and O–H groups in total. The number of anilines is 1. The molecule has 8 heteroatoms. The molecular weight excluding hydrogens is 336 g/mol. The zero-order chi connectivity index (χ0) is 18.1. The summed E-state index contributed by atoms with van der Waals surface area (Å²) in [6.45, 7) is 5.63. The summed E-state index contributed by atoms with van der Waals surface area (Å²) in [5.41, 5.74) is 2.77. The molecule has 0 radical (unpaired) electrons. The summed E-state index contributed by atoms with van der Waals surface area (Å²) in [5.74, 6) is -0.0427. The number of nitrogens with zero attached hydrogens (tertiary/aromatic N) is 4. The third-order valence-corrected chi connectivity index (χ3v) is 4.82. The Balaban J connectivity index is 1.40. The molecule has 4 rings (SSSR count). The molecule has 0 atom stereocenters. The van der Waals surface area contributed by atoms with Crippen LogP contribution in [-0.2, 0) is 9.53 Å². The van der Waals surface area contributed by atoms with Gasteiger partial charge in [0.05, 0.1) is 6.54 Å². The highest BCUT2D eigenvalue weighted by Crippen LogP contribution is 2.23. The quantitative estimate of drug-likeness (QED) is 0.830. The molecule has 0 aliphatic carbocycles. The number of aryl methyl sites for hydroxylation is 1. The fraction of sp³-hybridized carbons (Fsp3) is 0.500. The number of benzene rings is 1. The van der Waals surface area contributed by atoms with Crippen LogP contribution in [0.15, 0.2) is 22.6 Å². The van der Waals surface area contributed by atoms with E-state index in [0.717, 1.165) is 29.6 Å².